The lowest BCUT2D eigenvalue weighted by molar-refractivity contribution is -0.134. The van der Waals surface area contributed by atoms with Gasteiger partial charge in [-0.2, -0.15) is 0 Å². The number of hydrogen-bond donors (Lipinski definition) is 1. The molecule has 8 heteroatoms. The van der Waals surface area contributed by atoms with Gasteiger partial charge in [0.05, 0.1) is 11.7 Å². The second kappa shape index (κ2) is 11.1. The molecule has 0 saturated heterocycles. The van der Waals surface area contributed by atoms with Crippen LogP contribution in [0.15, 0.2) is 54.7 Å². The number of halogens is 3. The average molecular weight is 487 g/mol. The Bertz CT molecular complexity index is 1160. The molecule has 35 heavy (non-hydrogen) atoms. The van der Waals surface area contributed by atoms with Crippen molar-refractivity contribution in [1.29, 1.82) is 0 Å². The fourth-order valence-corrected chi connectivity index (χ4v) is 4.24. The van der Waals surface area contributed by atoms with Crippen LogP contribution in [-0.4, -0.2) is 39.6 Å². The maximum absolute atomic E-state index is 14.0. The van der Waals surface area contributed by atoms with E-state index in [1.807, 2.05) is 31.4 Å². The number of carbonyl (C=O) groups excluding carboxylic acids is 1. The van der Waals surface area contributed by atoms with Crippen LogP contribution in [0.3, 0.4) is 0 Å². The highest BCUT2D eigenvalue weighted by atomic mass is 19.1. The summed E-state index contributed by atoms with van der Waals surface area (Å²) in [5, 5.41) is 0. The Morgan fingerprint density at radius 3 is 2.34 bits per heavy atom. The van der Waals surface area contributed by atoms with E-state index in [-0.39, 0.29) is 24.1 Å². The first kappa shape index (κ1) is 26.5. The molecule has 188 valence electrons. The molecule has 0 fully saturated rings. The Hall–Kier alpha value is -3.13. The monoisotopic (exact) mass is 486 g/mol. The summed E-state index contributed by atoms with van der Waals surface area (Å²) in [6.07, 6.45) is 2.09. The average Bonchev–Trinajstić information content (AvgIpc) is 3.18. The van der Waals surface area contributed by atoms with Gasteiger partial charge >= 0.3 is 0 Å². The topological polar surface area (TPSA) is 64.2 Å². The zero-order valence-corrected chi connectivity index (χ0v) is 20.6. The smallest absolute Gasteiger partial charge is 0.220 e. The molecule has 5 nitrogen and oxygen atoms in total. The molecule has 0 aliphatic carbocycles. The van der Waals surface area contributed by atoms with Crippen molar-refractivity contribution in [2.45, 2.75) is 52.7 Å². The second-order valence-corrected chi connectivity index (χ2v) is 9.94. The predicted octanol–water partition coefficient (Wildman–Crippen LogP) is 5.50. The zero-order chi connectivity index (χ0) is 25.8. The standard InChI is InChI=1S/C27H33F3N4O/c1-18(35)34(12-11-23(31)15-28)25(27(2,3)4)26-32-24(20-8-6-10-22(30)14-20)17-33(26)16-19-7-5-9-21(29)13-19/h5-10,13-14,17,23,25H,11-12,15-16,31H2,1-4H3/t23-,25-/m0/s1. The Morgan fingerprint density at radius 1 is 1.11 bits per heavy atom. The van der Waals surface area contributed by atoms with Gasteiger partial charge in [0.2, 0.25) is 5.91 Å². The molecule has 0 unspecified atom stereocenters. The van der Waals surface area contributed by atoms with Crippen LogP contribution >= 0.6 is 0 Å². The molecule has 0 bridgehead atoms. The first-order chi connectivity index (χ1) is 16.5. The lowest BCUT2D eigenvalue weighted by atomic mass is 9.84. The summed E-state index contributed by atoms with van der Waals surface area (Å²) in [4.78, 5) is 19.3. The van der Waals surface area contributed by atoms with Crippen molar-refractivity contribution < 1.29 is 18.0 Å². The van der Waals surface area contributed by atoms with Gasteiger partial charge in [-0.05, 0) is 41.7 Å². The highest BCUT2D eigenvalue weighted by Crippen LogP contribution is 2.39. The fraction of sp³-hybridized carbons (Fsp3) is 0.407. The molecule has 0 radical (unpaired) electrons. The third kappa shape index (κ3) is 6.72. The van der Waals surface area contributed by atoms with Crippen molar-refractivity contribution >= 4 is 5.91 Å². The fourth-order valence-electron chi connectivity index (χ4n) is 4.24. The normalized spacial score (nSPS) is 13.5. The van der Waals surface area contributed by atoms with Crippen molar-refractivity contribution in [3.05, 3.63) is 77.8 Å². The third-order valence-corrected chi connectivity index (χ3v) is 5.89. The lowest BCUT2D eigenvalue weighted by Crippen LogP contribution is -2.43. The number of imidazole rings is 1. The highest BCUT2D eigenvalue weighted by Gasteiger charge is 2.37. The summed E-state index contributed by atoms with van der Waals surface area (Å²) in [7, 11) is 0. The third-order valence-electron chi connectivity index (χ3n) is 5.89. The summed E-state index contributed by atoms with van der Waals surface area (Å²) in [5.74, 6) is -0.359. The number of benzene rings is 2. The molecule has 0 saturated carbocycles. The van der Waals surface area contributed by atoms with E-state index in [1.165, 1.54) is 31.2 Å². The summed E-state index contributed by atoms with van der Waals surface area (Å²) >= 11 is 0. The van der Waals surface area contributed by atoms with Crippen LogP contribution in [0.4, 0.5) is 13.2 Å². The predicted molar refractivity (Wildman–Crippen MR) is 131 cm³/mol. The summed E-state index contributed by atoms with van der Waals surface area (Å²) in [6, 6.07) is 11.2. The van der Waals surface area contributed by atoms with Gasteiger partial charge in [-0.3, -0.25) is 4.79 Å². The molecule has 3 rings (SSSR count). The number of rotatable bonds is 9. The minimum Gasteiger partial charge on any atom is -0.332 e. The van der Waals surface area contributed by atoms with E-state index >= 15 is 0 Å². The van der Waals surface area contributed by atoms with E-state index in [2.05, 4.69) is 0 Å². The van der Waals surface area contributed by atoms with Gasteiger partial charge in [0.1, 0.15) is 24.1 Å². The molecule has 0 aliphatic rings. The van der Waals surface area contributed by atoms with Crippen LogP contribution < -0.4 is 5.73 Å². The van der Waals surface area contributed by atoms with Crippen molar-refractivity contribution in [3.8, 4) is 11.3 Å². The molecule has 1 heterocycles. The second-order valence-electron chi connectivity index (χ2n) is 9.94. The van der Waals surface area contributed by atoms with E-state index in [1.54, 1.807) is 29.3 Å². The number of aromatic nitrogens is 2. The maximum Gasteiger partial charge on any atom is 0.220 e. The van der Waals surface area contributed by atoms with Crippen molar-refractivity contribution in [2.75, 3.05) is 13.2 Å². The van der Waals surface area contributed by atoms with Gasteiger partial charge in [0.15, 0.2) is 0 Å². The maximum atomic E-state index is 14.0. The Kier molecular flexibility index (Phi) is 8.38. The molecule has 1 aromatic heterocycles. The Morgan fingerprint density at radius 2 is 1.77 bits per heavy atom. The van der Waals surface area contributed by atoms with E-state index in [4.69, 9.17) is 10.7 Å². The number of amides is 1. The summed E-state index contributed by atoms with van der Waals surface area (Å²) < 4.78 is 42.8. The van der Waals surface area contributed by atoms with Crippen LogP contribution in [0.1, 0.15) is 51.5 Å². The van der Waals surface area contributed by atoms with Crippen LogP contribution in [0, 0.1) is 17.0 Å². The molecular weight excluding hydrogens is 453 g/mol. The largest absolute Gasteiger partial charge is 0.332 e. The van der Waals surface area contributed by atoms with Gasteiger partial charge in [0, 0.05) is 37.8 Å². The first-order valence-corrected chi connectivity index (χ1v) is 11.7. The highest BCUT2D eigenvalue weighted by molar-refractivity contribution is 5.74. The van der Waals surface area contributed by atoms with E-state index in [9.17, 15) is 18.0 Å². The van der Waals surface area contributed by atoms with E-state index < -0.39 is 24.2 Å². The molecule has 2 atom stereocenters. The van der Waals surface area contributed by atoms with Gasteiger partial charge in [0.25, 0.3) is 0 Å². The quantitative estimate of drug-likeness (QED) is 0.434. The Labute approximate surface area is 204 Å². The summed E-state index contributed by atoms with van der Waals surface area (Å²) in [5.41, 5.74) is 7.19. The van der Waals surface area contributed by atoms with Crippen molar-refractivity contribution in [3.63, 3.8) is 0 Å². The van der Waals surface area contributed by atoms with Gasteiger partial charge in [-0.1, -0.05) is 45.0 Å². The number of hydrogen-bond acceptors (Lipinski definition) is 3. The van der Waals surface area contributed by atoms with Crippen LogP contribution in [0.5, 0.6) is 0 Å². The van der Waals surface area contributed by atoms with Gasteiger partial charge in [-0.15, -0.1) is 0 Å². The first-order valence-electron chi connectivity index (χ1n) is 11.7. The minimum absolute atomic E-state index is 0.191. The lowest BCUT2D eigenvalue weighted by Gasteiger charge is -2.40. The number of nitrogens with zero attached hydrogens (tertiary/aromatic N) is 3. The molecule has 0 aliphatic heterocycles. The molecule has 1 amide bonds. The molecule has 2 N–H and O–H groups in total. The number of nitrogens with two attached hydrogens (primary N) is 1. The van der Waals surface area contributed by atoms with Crippen molar-refractivity contribution in [1.82, 2.24) is 14.5 Å². The SMILES string of the molecule is CC(=O)N(CC[C@H](N)CF)[C@@H](c1nc(-c2cccc(F)c2)cn1Cc1cccc(F)c1)C(C)(C)C. The minimum atomic E-state index is -0.677. The number of alkyl halides is 1. The molecule has 3 aromatic rings. The van der Waals surface area contributed by atoms with Crippen LogP contribution in [-0.2, 0) is 11.3 Å². The van der Waals surface area contributed by atoms with Crippen LogP contribution in [0.25, 0.3) is 11.3 Å². The van der Waals surface area contributed by atoms with Gasteiger partial charge < -0.3 is 15.2 Å². The van der Waals surface area contributed by atoms with E-state index in [0.29, 0.717) is 30.0 Å². The summed E-state index contributed by atoms with van der Waals surface area (Å²) in [6.45, 7) is 7.32. The van der Waals surface area contributed by atoms with E-state index in [0.717, 1.165) is 5.56 Å². The Balaban J connectivity index is 2.14. The zero-order valence-electron chi connectivity index (χ0n) is 20.6. The number of carbonyl (C=O) groups is 1. The molecule has 0 spiro atoms. The molecule has 2 aromatic carbocycles. The molecular formula is C27H33F3N4O. The van der Waals surface area contributed by atoms with Gasteiger partial charge in [-0.25, -0.2) is 18.2 Å². The van der Waals surface area contributed by atoms with Crippen LogP contribution in [0.2, 0.25) is 0 Å². The van der Waals surface area contributed by atoms with Crippen molar-refractivity contribution in [2.24, 2.45) is 11.1 Å².